The second-order valence-electron chi connectivity index (χ2n) is 8.98. The van der Waals surface area contributed by atoms with Gasteiger partial charge in [0.05, 0.1) is 11.9 Å². The van der Waals surface area contributed by atoms with Gasteiger partial charge < -0.3 is 29.3 Å². The van der Waals surface area contributed by atoms with E-state index >= 15 is 0 Å². The van der Waals surface area contributed by atoms with Gasteiger partial charge in [0.1, 0.15) is 17.0 Å². The summed E-state index contributed by atoms with van der Waals surface area (Å²) in [5.74, 6) is 1.96. The summed E-state index contributed by atoms with van der Waals surface area (Å²) in [5, 5.41) is 19.1. The first kappa shape index (κ1) is 22.7. The molecule has 1 aliphatic rings. The lowest BCUT2D eigenvalue weighted by atomic mass is 10.1. The van der Waals surface area contributed by atoms with Crippen LogP contribution >= 0.6 is 0 Å². The maximum Gasteiger partial charge on any atom is 0.228 e. The number of nitrogens with one attached hydrogen (secondary N) is 1. The quantitative estimate of drug-likeness (QED) is 0.435. The van der Waals surface area contributed by atoms with Gasteiger partial charge in [0.2, 0.25) is 17.7 Å². The molecular formula is C25H29N7O3. The molecule has 3 aromatic heterocycles. The number of benzene rings is 1. The van der Waals surface area contributed by atoms with Gasteiger partial charge in [-0.05, 0) is 13.8 Å². The van der Waals surface area contributed by atoms with Crippen molar-refractivity contribution < 1.29 is 14.4 Å². The number of amides is 1. The van der Waals surface area contributed by atoms with Crippen LogP contribution in [-0.2, 0) is 11.3 Å². The molecule has 10 heteroatoms. The zero-order chi connectivity index (χ0) is 24.5. The minimum absolute atomic E-state index is 0.0577. The number of rotatable bonds is 6. The van der Waals surface area contributed by atoms with E-state index in [4.69, 9.17) is 14.5 Å². The number of hydrogen-bond acceptors (Lipinski definition) is 8. The van der Waals surface area contributed by atoms with Crippen molar-refractivity contribution in [2.24, 2.45) is 0 Å². The summed E-state index contributed by atoms with van der Waals surface area (Å²) in [6.07, 6.45) is 1.87. The van der Waals surface area contributed by atoms with Crippen LogP contribution in [0.3, 0.4) is 0 Å². The number of fused-ring (bicyclic) bond motifs is 1. The smallest absolute Gasteiger partial charge is 0.228 e. The van der Waals surface area contributed by atoms with Crippen LogP contribution in [0.4, 0.5) is 11.8 Å². The highest BCUT2D eigenvalue weighted by molar-refractivity contribution is 5.94. The summed E-state index contributed by atoms with van der Waals surface area (Å²) in [6, 6.07) is 11.8. The van der Waals surface area contributed by atoms with E-state index in [1.54, 1.807) is 11.5 Å². The fraction of sp³-hybridized carbons (Fsp3) is 0.360. The van der Waals surface area contributed by atoms with Gasteiger partial charge in [-0.1, -0.05) is 35.5 Å². The second-order valence-corrected chi connectivity index (χ2v) is 8.98. The molecule has 1 saturated heterocycles. The Hall–Kier alpha value is -4.08. The minimum atomic E-state index is 0.0577. The molecule has 1 aromatic carbocycles. The first-order chi connectivity index (χ1) is 16.9. The van der Waals surface area contributed by atoms with Gasteiger partial charge in [-0.3, -0.25) is 4.79 Å². The van der Waals surface area contributed by atoms with E-state index < -0.39 is 0 Å². The number of carbonyl (C=O) groups is 1. The molecule has 2 N–H and O–H groups in total. The monoisotopic (exact) mass is 475 g/mol. The highest BCUT2D eigenvalue weighted by atomic mass is 16.5. The third-order valence-electron chi connectivity index (χ3n) is 6.28. The number of anilines is 2. The number of aromatic nitrogens is 4. The number of hydrogen-bond donors (Lipinski definition) is 2. The van der Waals surface area contributed by atoms with E-state index in [-0.39, 0.29) is 17.8 Å². The minimum Gasteiger partial charge on any atom is -0.493 e. The summed E-state index contributed by atoms with van der Waals surface area (Å²) < 4.78 is 7.32. The molecule has 0 saturated carbocycles. The first-order valence-electron chi connectivity index (χ1n) is 11.8. The Kier molecular flexibility index (Phi) is 6.02. The summed E-state index contributed by atoms with van der Waals surface area (Å²) in [6.45, 7) is 8.42. The fourth-order valence-electron chi connectivity index (χ4n) is 4.28. The van der Waals surface area contributed by atoms with Crippen molar-refractivity contribution in [2.45, 2.75) is 33.4 Å². The van der Waals surface area contributed by atoms with E-state index in [9.17, 15) is 9.90 Å². The van der Waals surface area contributed by atoms with Gasteiger partial charge in [-0.15, -0.1) is 0 Å². The van der Waals surface area contributed by atoms with Crippen LogP contribution in [0.25, 0.3) is 22.2 Å². The third kappa shape index (κ3) is 4.51. The molecule has 0 radical (unpaired) electrons. The van der Waals surface area contributed by atoms with Crippen LogP contribution in [0.2, 0.25) is 0 Å². The molecular weight excluding hydrogens is 446 g/mol. The van der Waals surface area contributed by atoms with Crippen LogP contribution in [-0.4, -0.2) is 61.8 Å². The lowest BCUT2D eigenvalue weighted by Crippen LogP contribution is -2.48. The van der Waals surface area contributed by atoms with Crippen LogP contribution in [0, 0.1) is 0 Å². The fourth-order valence-corrected chi connectivity index (χ4v) is 4.28. The molecule has 182 valence electrons. The van der Waals surface area contributed by atoms with Crippen molar-refractivity contribution in [3.63, 3.8) is 0 Å². The zero-order valence-electron chi connectivity index (χ0n) is 20.1. The predicted octanol–water partition coefficient (Wildman–Crippen LogP) is 3.65. The van der Waals surface area contributed by atoms with E-state index in [0.717, 1.165) is 16.6 Å². The van der Waals surface area contributed by atoms with Gasteiger partial charge in [0.15, 0.2) is 5.76 Å². The van der Waals surface area contributed by atoms with E-state index in [0.29, 0.717) is 55.8 Å². The van der Waals surface area contributed by atoms with Crippen molar-refractivity contribution >= 4 is 28.6 Å². The number of nitrogens with zero attached hydrogens (tertiary/aromatic N) is 6. The van der Waals surface area contributed by atoms with Crippen molar-refractivity contribution in [2.75, 3.05) is 36.4 Å². The van der Waals surface area contributed by atoms with Crippen molar-refractivity contribution in [3.8, 4) is 17.1 Å². The summed E-state index contributed by atoms with van der Waals surface area (Å²) in [7, 11) is 0. The summed E-state index contributed by atoms with van der Waals surface area (Å²) >= 11 is 0. The van der Waals surface area contributed by atoms with E-state index in [1.807, 2.05) is 66.2 Å². The molecule has 10 nitrogen and oxygen atoms in total. The maximum absolute atomic E-state index is 11.7. The standard InChI is InChI=1S/C25H29N7O3/c1-16(2)32-15-20-22(24(32)34)27-25(31-11-9-30(10-12-31)17(3)33)28-23(20)26-14-19-13-21(29-35-19)18-7-5-4-6-8-18/h4-8,13,15-16,34H,9-12,14H2,1-3H3,(H,26,27,28). The van der Waals surface area contributed by atoms with Crippen LogP contribution < -0.4 is 10.2 Å². The van der Waals surface area contributed by atoms with E-state index in [1.165, 1.54) is 0 Å². The van der Waals surface area contributed by atoms with Crippen molar-refractivity contribution in [1.29, 1.82) is 0 Å². The molecule has 5 rings (SSSR count). The average Bonchev–Trinajstić information content (AvgIpc) is 3.48. The Bertz CT molecular complexity index is 1340. The molecule has 4 aromatic rings. The third-order valence-corrected chi connectivity index (χ3v) is 6.28. The van der Waals surface area contributed by atoms with Gasteiger partial charge in [-0.25, -0.2) is 4.98 Å². The highest BCUT2D eigenvalue weighted by Crippen LogP contribution is 2.34. The topological polar surface area (TPSA) is 113 Å². The first-order valence-corrected chi connectivity index (χ1v) is 11.8. The van der Waals surface area contributed by atoms with Gasteiger partial charge in [0.25, 0.3) is 0 Å². The average molecular weight is 476 g/mol. The predicted molar refractivity (Wildman–Crippen MR) is 133 cm³/mol. The Morgan fingerprint density at radius 3 is 2.57 bits per heavy atom. The van der Waals surface area contributed by atoms with Crippen LogP contribution in [0.1, 0.15) is 32.6 Å². The summed E-state index contributed by atoms with van der Waals surface area (Å²) in [5.41, 5.74) is 2.24. The van der Waals surface area contributed by atoms with Gasteiger partial charge >= 0.3 is 0 Å². The maximum atomic E-state index is 11.7. The Balaban J connectivity index is 1.44. The molecule has 0 aliphatic carbocycles. The summed E-state index contributed by atoms with van der Waals surface area (Å²) in [4.78, 5) is 25.1. The Labute approximate surface area is 203 Å². The number of piperazine rings is 1. The van der Waals surface area contributed by atoms with Crippen molar-refractivity contribution in [1.82, 2.24) is 24.6 Å². The lowest BCUT2D eigenvalue weighted by molar-refractivity contribution is -0.129. The second kappa shape index (κ2) is 9.28. The number of aromatic hydroxyl groups is 1. The van der Waals surface area contributed by atoms with Gasteiger partial charge in [0, 0.05) is 57.0 Å². The SMILES string of the molecule is CC(=O)N1CCN(c2nc(NCc3cc(-c4ccccc4)no3)c3cn(C(C)C)c(O)c3n2)CC1. The molecule has 0 unspecified atom stereocenters. The number of carbonyl (C=O) groups excluding carboxylic acids is 1. The molecule has 1 fully saturated rings. The van der Waals surface area contributed by atoms with Gasteiger partial charge in [-0.2, -0.15) is 4.98 Å². The molecule has 35 heavy (non-hydrogen) atoms. The molecule has 1 amide bonds. The largest absolute Gasteiger partial charge is 0.493 e. The molecule has 1 aliphatic heterocycles. The molecule has 4 heterocycles. The van der Waals surface area contributed by atoms with Crippen molar-refractivity contribution in [3.05, 3.63) is 48.4 Å². The normalized spacial score (nSPS) is 14.2. The Morgan fingerprint density at radius 1 is 1.14 bits per heavy atom. The van der Waals surface area contributed by atoms with Crippen LogP contribution in [0.5, 0.6) is 5.88 Å². The molecule has 0 bridgehead atoms. The zero-order valence-corrected chi connectivity index (χ0v) is 20.1. The van der Waals surface area contributed by atoms with Crippen LogP contribution in [0.15, 0.2) is 47.1 Å². The lowest BCUT2D eigenvalue weighted by Gasteiger charge is -2.34. The molecule has 0 atom stereocenters. The highest BCUT2D eigenvalue weighted by Gasteiger charge is 2.24. The Morgan fingerprint density at radius 2 is 1.89 bits per heavy atom. The van der Waals surface area contributed by atoms with E-state index in [2.05, 4.69) is 10.5 Å². The molecule has 0 spiro atoms.